The number of carboxylic acids is 1. The number of benzene rings is 2. The molecule has 0 bridgehead atoms. The fraction of sp³-hybridized carbons (Fsp3) is 0.464. The first-order valence-electron chi connectivity index (χ1n) is 12.7. The molecule has 0 aromatic heterocycles. The lowest BCUT2D eigenvalue weighted by molar-refractivity contribution is -0.148. The summed E-state index contributed by atoms with van der Waals surface area (Å²) in [7, 11) is 0. The smallest absolute Gasteiger partial charge is 0.407 e. The number of likely N-dealkylation sites (tertiary alicyclic amines) is 1. The number of alkyl carbamates (subject to hydrolysis) is 1. The first-order chi connectivity index (χ1) is 17.0. The second kappa shape index (κ2) is 10.1. The Morgan fingerprint density at radius 3 is 2.20 bits per heavy atom. The monoisotopic (exact) mass is 476 g/mol. The minimum Gasteiger partial charge on any atom is -0.480 e. The number of hydrogen-bond donors (Lipinski definition) is 2. The molecule has 0 spiro atoms. The van der Waals surface area contributed by atoms with Gasteiger partial charge in [0.1, 0.15) is 12.6 Å². The molecule has 7 heteroatoms. The zero-order valence-corrected chi connectivity index (χ0v) is 19.8. The third-order valence-corrected chi connectivity index (χ3v) is 7.87. The Balaban J connectivity index is 1.25. The number of carbonyl (C=O) groups excluding carboxylic acids is 2. The number of rotatable bonds is 7. The summed E-state index contributed by atoms with van der Waals surface area (Å²) in [6, 6.07) is 15.3. The van der Waals surface area contributed by atoms with Gasteiger partial charge in [0.15, 0.2) is 0 Å². The van der Waals surface area contributed by atoms with E-state index in [0.29, 0.717) is 19.4 Å². The van der Waals surface area contributed by atoms with E-state index in [1.165, 1.54) is 16.0 Å². The van der Waals surface area contributed by atoms with Gasteiger partial charge in [-0.1, -0.05) is 61.4 Å². The van der Waals surface area contributed by atoms with Crippen LogP contribution >= 0.6 is 0 Å². The normalized spacial score (nSPS) is 20.3. The maximum atomic E-state index is 13.0. The minimum atomic E-state index is -0.960. The molecule has 1 aliphatic heterocycles. The Hall–Kier alpha value is -3.35. The highest BCUT2D eigenvalue weighted by molar-refractivity contribution is 5.85. The van der Waals surface area contributed by atoms with Gasteiger partial charge in [0.05, 0.1) is 0 Å². The van der Waals surface area contributed by atoms with Gasteiger partial charge in [-0.2, -0.15) is 0 Å². The Morgan fingerprint density at radius 2 is 1.57 bits per heavy atom. The van der Waals surface area contributed by atoms with Gasteiger partial charge < -0.3 is 20.1 Å². The average molecular weight is 477 g/mol. The summed E-state index contributed by atoms with van der Waals surface area (Å²) in [5.41, 5.74) is 4.64. The third kappa shape index (κ3) is 4.77. The Kier molecular flexibility index (Phi) is 6.75. The van der Waals surface area contributed by atoms with Crippen LogP contribution in [-0.4, -0.2) is 53.2 Å². The van der Waals surface area contributed by atoms with Crippen molar-refractivity contribution in [3.8, 4) is 11.1 Å². The lowest BCUT2D eigenvalue weighted by Crippen LogP contribution is -2.47. The number of amides is 2. The van der Waals surface area contributed by atoms with Crippen LogP contribution in [-0.2, 0) is 14.3 Å². The van der Waals surface area contributed by atoms with Crippen LogP contribution in [0.25, 0.3) is 11.1 Å². The summed E-state index contributed by atoms with van der Waals surface area (Å²) in [4.78, 5) is 38.9. The van der Waals surface area contributed by atoms with E-state index >= 15 is 0 Å². The van der Waals surface area contributed by atoms with E-state index in [4.69, 9.17) is 4.74 Å². The third-order valence-electron chi connectivity index (χ3n) is 7.87. The van der Waals surface area contributed by atoms with Gasteiger partial charge in [0.2, 0.25) is 5.91 Å². The Labute approximate surface area is 205 Å². The SMILES string of the molecule is O=C(NC(CC(=O)N1CCCC1C(=O)O)C1CCCC1)OCC1c2ccccc2-c2ccccc21. The topological polar surface area (TPSA) is 95.9 Å². The summed E-state index contributed by atoms with van der Waals surface area (Å²) in [5, 5.41) is 12.4. The molecule has 2 N–H and O–H groups in total. The van der Waals surface area contributed by atoms with Crippen molar-refractivity contribution in [1.29, 1.82) is 0 Å². The van der Waals surface area contributed by atoms with Crippen LogP contribution in [0.5, 0.6) is 0 Å². The summed E-state index contributed by atoms with van der Waals surface area (Å²) < 4.78 is 5.73. The maximum absolute atomic E-state index is 13.0. The van der Waals surface area contributed by atoms with E-state index in [-0.39, 0.29) is 36.8 Å². The number of fused-ring (bicyclic) bond motifs is 3. The molecule has 2 unspecified atom stereocenters. The zero-order valence-electron chi connectivity index (χ0n) is 19.8. The first kappa shape index (κ1) is 23.4. The largest absolute Gasteiger partial charge is 0.480 e. The lowest BCUT2D eigenvalue weighted by atomic mass is 9.94. The summed E-state index contributed by atoms with van der Waals surface area (Å²) in [5.74, 6) is -0.991. The van der Waals surface area contributed by atoms with Crippen molar-refractivity contribution in [2.24, 2.45) is 5.92 Å². The summed E-state index contributed by atoms with van der Waals surface area (Å²) in [6.07, 6.45) is 4.80. The van der Waals surface area contributed by atoms with E-state index in [9.17, 15) is 19.5 Å². The first-order valence-corrected chi connectivity index (χ1v) is 12.7. The van der Waals surface area contributed by atoms with Crippen LogP contribution in [0.3, 0.4) is 0 Å². The van der Waals surface area contributed by atoms with Gasteiger partial charge >= 0.3 is 12.1 Å². The van der Waals surface area contributed by atoms with E-state index in [1.54, 1.807) is 0 Å². The highest BCUT2D eigenvalue weighted by atomic mass is 16.5. The van der Waals surface area contributed by atoms with Crippen LogP contribution in [0.15, 0.2) is 48.5 Å². The summed E-state index contributed by atoms with van der Waals surface area (Å²) >= 11 is 0. The van der Waals surface area contributed by atoms with Crippen LogP contribution in [0.4, 0.5) is 4.79 Å². The predicted molar refractivity (Wildman–Crippen MR) is 131 cm³/mol. The number of carbonyl (C=O) groups is 3. The quantitative estimate of drug-likeness (QED) is 0.611. The van der Waals surface area contributed by atoms with E-state index in [2.05, 4.69) is 29.6 Å². The second-order valence-electron chi connectivity index (χ2n) is 9.91. The second-order valence-corrected chi connectivity index (χ2v) is 9.91. The Bertz CT molecular complexity index is 1060. The number of ether oxygens (including phenoxy) is 1. The van der Waals surface area contributed by atoms with Crippen molar-refractivity contribution in [1.82, 2.24) is 10.2 Å². The van der Waals surface area contributed by atoms with Crippen molar-refractivity contribution >= 4 is 18.0 Å². The average Bonchev–Trinajstić information content (AvgIpc) is 3.62. The minimum absolute atomic E-state index is 0.0272. The van der Waals surface area contributed by atoms with Crippen LogP contribution in [0.1, 0.15) is 62.0 Å². The van der Waals surface area contributed by atoms with Gasteiger partial charge in [-0.15, -0.1) is 0 Å². The molecular weight excluding hydrogens is 444 g/mol. The standard InChI is InChI=1S/C28H32N2O5/c31-26(30-15-7-14-25(30)27(32)33)16-24(18-8-1-2-9-18)29-28(34)35-17-23-21-12-5-3-10-19(21)20-11-4-6-13-22(20)23/h3-6,10-13,18,23-25H,1-2,7-9,14-17H2,(H,29,34)(H,32,33). The van der Waals surface area contributed by atoms with Crippen LogP contribution in [0.2, 0.25) is 0 Å². The molecular formula is C28H32N2O5. The predicted octanol–water partition coefficient (Wildman–Crippen LogP) is 4.55. The van der Waals surface area contributed by atoms with E-state index < -0.39 is 18.1 Å². The van der Waals surface area contributed by atoms with Gasteiger partial charge in [-0.05, 0) is 53.9 Å². The molecule has 1 heterocycles. The van der Waals surface area contributed by atoms with E-state index in [0.717, 1.165) is 36.8 Å². The van der Waals surface area contributed by atoms with Crippen molar-refractivity contribution in [3.63, 3.8) is 0 Å². The number of hydrogen-bond acceptors (Lipinski definition) is 4. The number of nitrogens with one attached hydrogen (secondary N) is 1. The lowest BCUT2D eigenvalue weighted by Gasteiger charge is -2.28. The maximum Gasteiger partial charge on any atom is 0.407 e. The fourth-order valence-corrected chi connectivity index (χ4v) is 6.11. The highest BCUT2D eigenvalue weighted by Gasteiger charge is 2.37. The number of carboxylic acid groups (broad SMARTS) is 1. The van der Waals surface area contributed by atoms with Crippen molar-refractivity contribution in [3.05, 3.63) is 59.7 Å². The molecule has 2 atom stereocenters. The van der Waals surface area contributed by atoms with Gasteiger partial charge in [0, 0.05) is 24.9 Å². The highest BCUT2D eigenvalue weighted by Crippen LogP contribution is 2.44. The molecule has 2 aromatic rings. The molecule has 1 saturated carbocycles. The Morgan fingerprint density at radius 1 is 0.943 bits per heavy atom. The van der Waals surface area contributed by atoms with Gasteiger partial charge in [-0.25, -0.2) is 9.59 Å². The van der Waals surface area contributed by atoms with Crippen LogP contribution < -0.4 is 5.32 Å². The van der Waals surface area contributed by atoms with Crippen molar-refractivity contribution < 1.29 is 24.2 Å². The van der Waals surface area contributed by atoms with Gasteiger partial charge in [0.25, 0.3) is 0 Å². The molecule has 2 aliphatic carbocycles. The molecule has 5 rings (SSSR count). The molecule has 7 nitrogen and oxygen atoms in total. The molecule has 35 heavy (non-hydrogen) atoms. The van der Waals surface area contributed by atoms with Crippen LogP contribution in [0, 0.1) is 5.92 Å². The van der Waals surface area contributed by atoms with Crippen molar-refractivity contribution in [2.75, 3.05) is 13.2 Å². The molecule has 2 aromatic carbocycles. The summed E-state index contributed by atoms with van der Waals surface area (Å²) in [6.45, 7) is 0.677. The van der Waals surface area contributed by atoms with Gasteiger partial charge in [-0.3, -0.25) is 4.79 Å². The molecule has 0 radical (unpaired) electrons. The molecule has 2 amide bonds. The molecule has 1 saturated heterocycles. The molecule has 2 fully saturated rings. The zero-order chi connectivity index (χ0) is 24.4. The number of aliphatic carboxylic acids is 1. The van der Waals surface area contributed by atoms with E-state index in [1.807, 2.05) is 24.3 Å². The molecule has 3 aliphatic rings. The number of nitrogens with zero attached hydrogens (tertiary/aromatic N) is 1. The fourth-order valence-electron chi connectivity index (χ4n) is 6.11. The van der Waals surface area contributed by atoms with Crippen molar-refractivity contribution in [2.45, 2.75) is 62.9 Å². The molecule has 184 valence electrons.